The molecule has 0 unspecified atom stereocenters. The summed E-state index contributed by atoms with van der Waals surface area (Å²) in [6, 6.07) is 15.0. The molecule has 0 radical (unpaired) electrons. The van der Waals surface area contributed by atoms with Gasteiger partial charge in [0, 0.05) is 49.2 Å². The number of ether oxygens (including phenoxy) is 1. The number of hydrogen-bond acceptors (Lipinski definition) is 6. The van der Waals surface area contributed by atoms with Gasteiger partial charge in [-0.25, -0.2) is 4.98 Å². The molecule has 0 spiro atoms. The van der Waals surface area contributed by atoms with E-state index in [1.54, 1.807) is 12.5 Å². The zero-order valence-corrected chi connectivity index (χ0v) is 19.0. The first-order valence-corrected chi connectivity index (χ1v) is 11.4. The molecule has 8 heteroatoms. The Morgan fingerprint density at radius 3 is 2.38 bits per heavy atom. The van der Waals surface area contributed by atoms with Crippen LogP contribution in [0.25, 0.3) is 10.6 Å². The number of rotatable bonds is 6. The molecule has 1 aromatic heterocycles. The van der Waals surface area contributed by atoms with Gasteiger partial charge in [0.1, 0.15) is 16.5 Å². The van der Waals surface area contributed by atoms with Crippen LogP contribution in [0.1, 0.15) is 26.4 Å². The number of likely N-dealkylation sites (N-methyl/N-ethyl adjacent to an activating group) is 1. The number of hydrogen-bond donors (Lipinski definition) is 1. The monoisotopic (exact) mass is 450 g/mol. The molecule has 32 heavy (non-hydrogen) atoms. The lowest BCUT2D eigenvalue weighted by molar-refractivity contribution is 0.0664. The Kier molecular flexibility index (Phi) is 6.82. The third-order valence-electron chi connectivity index (χ3n) is 5.52. The predicted octanol–water partition coefficient (Wildman–Crippen LogP) is 3.14. The quantitative estimate of drug-likeness (QED) is 0.625. The number of nitrogens with zero attached hydrogens (tertiary/aromatic N) is 3. The second-order valence-electron chi connectivity index (χ2n) is 7.74. The van der Waals surface area contributed by atoms with Crippen LogP contribution in [0.3, 0.4) is 0 Å². The summed E-state index contributed by atoms with van der Waals surface area (Å²) in [6.07, 6.45) is 0. The third kappa shape index (κ3) is 5.15. The molecule has 0 atom stereocenters. The lowest BCUT2D eigenvalue weighted by Gasteiger charge is -2.32. The minimum Gasteiger partial charge on any atom is -0.497 e. The highest BCUT2D eigenvalue weighted by atomic mass is 32.1. The van der Waals surface area contributed by atoms with Crippen molar-refractivity contribution in [1.29, 1.82) is 0 Å². The van der Waals surface area contributed by atoms with Gasteiger partial charge >= 0.3 is 0 Å². The Balaban J connectivity index is 1.32. The molecule has 2 aromatic carbocycles. The second-order valence-corrected chi connectivity index (χ2v) is 8.60. The van der Waals surface area contributed by atoms with Crippen molar-refractivity contribution in [3.63, 3.8) is 0 Å². The molecule has 1 saturated heterocycles. The van der Waals surface area contributed by atoms with Gasteiger partial charge in [0.25, 0.3) is 11.8 Å². The van der Waals surface area contributed by atoms with Crippen LogP contribution in [0.15, 0.2) is 53.9 Å². The standard InChI is InChI=1S/C24H26N4O3S/c1-27-11-13-28(14-12-27)24(30)19-5-3-17(4-6-19)15-25-22(29)21-16-32-23(26-21)18-7-9-20(31-2)10-8-18/h3-10,16H,11-15H2,1-2H3,(H,25,29). The number of carbonyl (C=O) groups excluding carboxylic acids is 2. The minimum absolute atomic E-state index is 0.0576. The number of piperazine rings is 1. The van der Waals surface area contributed by atoms with Gasteiger partial charge in [0.05, 0.1) is 7.11 Å². The van der Waals surface area contributed by atoms with Crippen LogP contribution >= 0.6 is 11.3 Å². The summed E-state index contributed by atoms with van der Waals surface area (Å²) in [5.41, 5.74) is 2.94. The number of aromatic nitrogens is 1. The van der Waals surface area contributed by atoms with Gasteiger partial charge in [-0.1, -0.05) is 12.1 Å². The van der Waals surface area contributed by atoms with Crippen molar-refractivity contribution in [2.24, 2.45) is 0 Å². The summed E-state index contributed by atoms with van der Waals surface area (Å²) in [5.74, 6) is 0.611. The first-order chi connectivity index (χ1) is 15.5. The second kappa shape index (κ2) is 9.93. The van der Waals surface area contributed by atoms with Crippen LogP contribution in [-0.4, -0.2) is 66.9 Å². The van der Waals surface area contributed by atoms with Gasteiger partial charge in [0.15, 0.2) is 0 Å². The van der Waals surface area contributed by atoms with Crippen molar-refractivity contribution < 1.29 is 14.3 Å². The molecule has 3 aromatic rings. The Morgan fingerprint density at radius 2 is 1.72 bits per heavy atom. The summed E-state index contributed by atoms with van der Waals surface area (Å²) in [5, 5.41) is 5.44. The molecule has 0 saturated carbocycles. The number of methoxy groups -OCH3 is 1. The summed E-state index contributed by atoms with van der Waals surface area (Å²) < 4.78 is 5.17. The first-order valence-electron chi connectivity index (χ1n) is 10.5. The number of carbonyl (C=O) groups is 2. The molecule has 7 nitrogen and oxygen atoms in total. The fraction of sp³-hybridized carbons (Fsp3) is 0.292. The lowest BCUT2D eigenvalue weighted by Crippen LogP contribution is -2.47. The van der Waals surface area contributed by atoms with Crippen molar-refractivity contribution >= 4 is 23.2 Å². The minimum atomic E-state index is -0.224. The highest BCUT2D eigenvalue weighted by Gasteiger charge is 2.20. The van der Waals surface area contributed by atoms with Crippen molar-refractivity contribution in [3.8, 4) is 16.3 Å². The number of benzene rings is 2. The Hall–Kier alpha value is -3.23. The van der Waals surface area contributed by atoms with Crippen LogP contribution in [0, 0.1) is 0 Å². The van der Waals surface area contributed by atoms with E-state index >= 15 is 0 Å². The van der Waals surface area contributed by atoms with E-state index in [0.717, 1.165) is 48.1 Å². The highest BCUT2D eigenvalue weighted by molar-refractivity contribution is 7.13. The number of thiazole rings is 1. The normalized spacial score (nSPS) is 14.2. The van der Waals surface area contributed by atoms with E-state index in [0.29, 0.717) is 17.8 Å². The van der Waals surface area contributed by atoms with Crippen molar-refractivity contribution in [2.45, 2.75) is 6.54 Å². The van der Waals surface area contributed by atoms with E-state index in [9.17, 15) is 9.59 Å². The molecule has 1 aliphatic rings. The fourth-order valence-corrected chi connectivity index (χ4v) is 4.28. The molecule has 4 rings (SSSR count). The molecule has 1 fully saturated rings. The molecule has 1 N–H and O–H groups in total. The Morgan fingerprint density at radius 1 is 1.03 bits per heavy atom. The van der Waals surface area contributed by atoms with Crippen LogP contribution in [0.5, 0.6) is 5.75 Å². The van der Waals surface area contributed by atoms with Gasteiger partial charge in [-0.05, 0) is 49.0 Å². The van der Waals surface area contributed by atoms with E-state index in [2.05, 4.69) is 22.2 Å². The summed E-state index contributed by atoms with van der Waals surface area (Å²) in [7, 11) is 3.69. The van der Waals surface area contributed by atoms with Crippen LogP contribution < -0.4 is 10.1 Å². The zero-order chi connectivity index (χ0) is 22.5. The molecule has 2 amide bonds. The highest BCUT2D eigenvalue weighted by Crippen LogP contribution is 2.25. The molecule has 1 aliphatic heterocycles. The Bertz CT molecular complexity index is 1070. The lowest BCUT2D eigenvalue weighted by atomic mass is 10.1. The smallest absolute Gasteiger partial charge is 0.271 e. The average Bonchev–Trinajstić information content (AvgIpc) is 3.33. The molecule has 166 valence electrons. The van der Waals surface area contributed by atoms with E-state index < -0.39 is 0 Å². The van der Waals surface area contributed by atoms with E-state index in [4.69, 9.17) is 4.74 Å². The van der Waals surface area contributed by atoms with Gasteiger partial charge in [-0.2, -0.15) is 0 Å². The maximum Gasteiger partial charge on any atom is 0.271 e. The summed E-state index contributed by atoms with van der Waals surface area (Å²) in [6.45, 7) is 3.66. The molecule has 0 bridgehead atoms. The van der Waals surface area contributed by atoms with Crippen molar-refractivity contribution in [1.82, 2.24) is 20.1 Å². The average molecular weight is 451 g/mol. The molecule has 0 aliphatic carbocycles. The number of amides is 2. The zero-order valence-electron chi connectivity index (χ0n) is 18.2. The van der Waals surface area contributed by atoms with Gasteiger partial charge in [-0.3, -0.25) is 9.59 Å². The summed E-state index contributed by atoms with van der Waals surface area (Å²) >= 11 is 1.43. The van der Waals surface area contributed by atoms with Gasteiger partial charge in [0.2, 0.25) is 0 Å². The topological polar surface area (TPSA) is 74.8 Å². The summed E-state index contributed by atoms with van der Waals surface area (Å²) in [4.78, 5) is 33.7. The largest absolute Gasteiger partial charge is 0.497 e. The molecular weight excluding hydrogens is 424 g/mol. The van der Waals surface area contributed by atoms with E-state index in [-0.39, 0.29) is 11.8 Å². The van der Waals surface area contributed by atoms with Crippen LogP contribution in [0.4, 0.5) is 0 Å². The third-order valence-corrected chi connectivity index (χ3v) is 6.41. The Labute approximate surface area is 191 Å². The van der Waals surface area contributed by atoms with Crippen molar-refractivity contribution in [2.75, 3.05) is 40.3 Å². The van der Waals surface area contributed by atoms with Gasteiger partial charge in [-0.15, -0.1) is 11.3 Å². The fourth-order valence-electron chi connectivity index (χ4n) is 3.47. The van der Waals surface area contributed by atoms with E-state index in [1.807, 2.05) is 53.4 Å². The SMILES string of the molecule is COc1ccc(-c2nc(C(=O)NCc3ccc(C(=O)N4CCN(C)CC4)cc3)cs2)cc1. The maximum atomic E-state index is 12.6. The number of nitrogens with one attached hydrogen (secondary N) is 1. The van der Waals surface area contributed by atoms with Crippen LogP contribution in [-0.2, 0) is 6.54 Å². The van der Waals surface area contributed by atoms with E-state index in [1.165, 1.54) is 11.3 Å². The maximum absolute atomic E-state index is 12.6. The van der Waals surface area contributed by atoms with Crippen LogP contribution in [0.2, 0.25) is 0 Å². The molecule has 2 heterocycles. The molecular formula is C24H26N4O3S. The van der Waals surface area contributed by atoms with Crippen molar-refractivity contribution in [3.05, 3.63) is 70.7 Å². The first kappa shape index (κ1) is 22.0. The van der Waals surface area contributed by atoms with Gasteiger partial charge < -0.3 is 19.9 Å². The predicted molar refractivity (Wildman–Crippen MR) is 125 cm³/mol.